The van der Waals surface area contributed by atoms with Crippen molar-refractivity contribution in [3.05, 3.63) is 12.2 Å². The lowest BCUT2D eigenvalue weighted by atomic mass is 9.47. The van der Waals surface area contributed by atoms with E-state index in [1.165, 1.54) is 0 Å². The highest BCUT2D eigenvalue weighted by atomic mass is 16.4. The van der Waals surface area contributed by atoms with Crippen molar-refractivity contribution in [1.82, 2.24) is 4.90 Å². The van der Waals surface area contributed by atoms with Crippen molar-refractivity contribution in [1.29, 1.82) is 0 Å². The molecule has 0 aromatic carbocycles. The summed E-state index contributed by atoms with van der Waals surface area (Å²) in [4.78, 5) is 26.2. The van der Waals surface area contributed by atoms with Gasteiger partial charge in [0.15, 0.2) is 0 Å². The Bertz CT molecular complexity index is 629. The summed E-state index contributed by atoms with van der Waals surface area (Å²) >= 11 is 0. The molecule has 4 rings (SSSR count). The van der Waals surface area contributed by atoms with Gasteiger partial charge in [-0.25, -0.2) is 0 Å². The standard InChI is InChI=1S/C21H31NO3/c1-4-22-17-8-5-13-14-6-7-16(19(24)25)20(14,2)11-9-15(13)21(17,3)12-10-18(22)23/h10,12-17H,4-9,11H2,1-3H3,(H,24,25)/t13-,14-,15-,16+,17+,20-,21+/m0/s1. The monoisotopic (exact) mass is 345 g/mol. The third-order valence-electron chi connectivity index (χ3n) is 8.61. The fourth-order valence-corrected chi connectivity index (χ4v) is 7.38. The van der Waals surface area contributed by atoms with Crippen LogP contribution in [0.25, 0.3) is 0 Å². The van der Waals surface area contributed by atoms with E-state index in [9.17, 15) is 14.7 Å². The molecule has 0 bridgehead atoms. The smallest absolute Gasteiger partial charge is 0.307 e. The number of carbonyl (C=O) groups excluding carboxylic acids is 1. The number of hydrogen-bond donors (Lipinski definition) is 1. The number of nitrogens with zero attached hydrogens (tertiary/aromatic N) is 1. The quantitative estimate of drug-likeness (QED) is 0.830. The number of aliphatic carboxylic acids is 1. The SMILES string of the molecule is CCN1C(=O)C=C[C@]2(C)[C@H]3CC[C@]4(C)[C@@H](C(=O)O)CC[C@H]4[C@@H]3CC[C@@H]12. The van der Waals surface area contributed by atoms with Gasteiger partial charge in [0.2, 0.25) is 5.91 Å². The van der Waals surface area contributed by atoms with Crippen LogP contribution in [0.2, 0.25) is 0 Å². The van der Waals surface area contributed by atoms with E-state index >= 15 is 0 Å². The van der Waals surface area contributed by atoms with Crippen molar-refractivity contribution in [2.45, 2.75) is 65.3 Å². The molecule has 0 spiro atoms. The van der Waals surface area contributed by atoms with Crippen LogP contribution in [0.4, 0.5) is 0 Å². The molecule has 4 aliphatic rings. The number of carboxylic acids is 1. The molecule has 0 aromatic rings. The Labute approximate surface area is 150 Å². The van der Waals surface area contributed by atoms with Gasteiger partial charge in [0.25, 0.3) is 0 Å². The van der Waals surface area contributed by atoms with Crippen LogP contribution in [0.5, 0.6) is 0 Å². The molecular weight excluding hydrogens is 314 g/mol. The van der Waals surface area contributed by atoms with Gasteiger partial charge in [0.1, 0.15) is 0 Å². The van der Waals surface area contributed by atoms with Crippen LogP contribution >= 0.6 is 0 Å². The molecule has 3 saturated carbocycles. The Hall–Kier alpha value is -1.32. The highest BCUT2D eigenvalue weighted by molar-refractivity contribution is 5.89. The number of carbonyl (C=O) groups is 2. The first-order valence-corrected chi connectivity index (χ1v) is 10.1. The molecule has 3 aliphatic carbocycles. The second-order valence-electron chi connectivity index (χ2n) is 9.31. The van der Waals surface area contributed by atoms with E-state index in [1.807, 2.05) is 0 Å². The molecule has 0 aromatic heterocycles. The zero-order valence-electron chi connectivity index (χ0n) is 15.7. The van der Waals surface area contributed by atoms with Gasteiger partial charge in [0.05, 0.1) is 5.92 Å². The van der Waals surface area contributed by atoms with Crippen molar-refractivity contribution in [3.63, 3.8) is 0 Å². The van der Waals surface area contributed by atoms with Crippen LogP contribution in [0.1, 0.15) is 59.3 Å². The average Bonchev–Trinajstić information content (AvgIpc) is 2.93. The first kappa shape index (κ1) is 17.1. The highest BCUT2D eigenvalue weighted by Gasteiger charge is 2.61. The van der Waals surface area contributed by atoms with E-state index in [0.29, 0.717) is 23.8 Å². The molecule has 3 fully saturated rings. The van der Waals surface area contributed by atoms with Crippen LogP contribution in [-0.2, 0) is 9.59 Å². The maximum Gasteiger partial charge on any atom is 0.307 e. The maximum atomic E-state index is 12.3. The van der Waals surface area contributed by atoms with Crippen molar-refractivity contribution in [3.8, 4) is 0 Å². The number of carboxylic acid groups (broad SMARTS) is 1. The summed E-state index contributed by atoms with van der Waals surface area (Å²) in [6, 6.07) is 0.317. The second-order valence-corrected chi connectivity index (χ2v) is 9.31. The van der Waals surface area contributed by atoms with Gasteiger partial charge in [-0.3, -0.25) is 9.59 Å². The minimum atomic E-state index is -0.594. The topological polar surface area (TPSA) is 57.6 Å². The molecule has 0 saturated heterocycles. The van der Waals surface area contributed by atoms with E-state index in [1.54, 1.807) is 6.08 Å². The third kappa shape index (κ3) is 2.18. The van der Waals surface area contributed by atoms with Gasteiger partial charge < -0.3 is 10.0 Å². The summed E-state index contributed by atoms with van der Waals surface area (Å²) in [7, 11) is 0. The molecule has 25 heavy (non-hydrogen) atoms. The molecule has 0 unspecified atom stereocenters. The maximum absolute atomic E-state index is 12.3. The molecule has 1 amide bonds. The van der Waals surface area contributed by atoms with E-state index < -0.39 is 5.97 Å². The summed E-state index contributed by atoms with van der Waals surface area (Å²) in [5.41, 5.74) is 0.0182. The number of likely N-dealkylation sites (N-methyl/N-ethyl adjacent to an activating group) is 1. The van der Waals surface area contributed by atoms with Gasteiger partial charge >= 0.3 is 5.97 Å². The lowest BCUT2D eigenvalue weighted by molar-refractivity contribution is -0.152. The number of hydrogen-bond acceptors (Lipinski definition) is 2. The molecule has 1 aliphatic heterocycles. The van der Waals surface area contributed by atoms with E-state index in [4.69, 9.17) is 0 Å². The lowest BCUT2D eigenvalue weighted by Crippen LogP contribution is -2.60. The van der Waals surface area contributed by atoms with Crippen LogP contribution in [0.15, 0.2) is 12.2 Å². The molecule has 1 N–H and O–H groups in total. The fraction of sp³-hybridized carbons (Fsp3) is 0.810. The Morgan fingerprint density at radius 2 is 1.96 bits per heavy atom. The van der Waals surface area contributed by atoms with E-state index in [2.05, 4.69) is 31.7 Å². The Balaban J connectivity index is 1.67. The van der Waals surface area contributed by atoms with Gasteiger partial charge in [-0.15, -0.1) is 0 Å². The molecule has 7 atom stereocenters. The Morgan fingerprint density at radius 1 is 1.20 bits per heavy atom. The first-order valence-electron chi connectivity index (χ1n) is 10.1. The van der Waals surface area contributed by atoms with Gasteiger partial charge in [-0.05, 0) is 74.7 Å². The van der Waals surface area contributed by atoms with E-state index in [0.717, 1.165) is 45.1 Å². The van der Waals surface area contributed by atoms with E-state index in [-0.39, 0.29) is 22.7 Å². The third-order valence-corrected chi connectivity index (χ3v) is 8.61. The minimum Gasteiger partial charge on any atom is -0.481 e. The van der Waals surface area contributed by atoms with Crippen LogP contribution in [-0.4, -0.2) is 34.5 Å². The predicted octanol–water partition coefficient (Wildman–Crippen LogP) is 3.72. The zero-order valence-corrected chi connectivity index (χ0v) is 15.7. The second kappa shape index (κ2) is 5.59. The van der Waals surface area contributed by atoms with Crippen LogP contribution < -0.4 is 0 Å². The predicted molar refractivity (Wildman–Crippen MR) is 95.8 cm³/mol. The molecule has 4 nitrogen and oxygen atoms in total. The van der Waals surface area contributed by atoms with Crippen molar-refractivity contribution >= 4 is 11.9 Å². The minimum absolute atomic E-state index is 0.0329. The van der Waals surface area contributed by atoms with Crippen LogP contribution in [0.3, 0.4) is 0 Å². The number of fused-ring (bicyclic) bond motifs is 5. The lowest BCUT2D eigenvalue weighted by Gasteiger charge is -2.60. The highest BCUT2D eigenvalue weighted by Crippen LogP contribution is 2.65. The van der Waals surface area contributed by atoms with Gasteiger partial charge in [-0.1, -0.05) is 19.9 Å². The molecular formula is C21H31NO3. The van der Waals surface area contributed by atoms with Gasteiger partial charge in [-0.2, -0.15) is 0 Å². The fourth-order valence-electron chi connectivity index (χ4n) is 7.38. The normalized spacial score (nSPS) is 48.7. The number of amides is 1. The summed E-state index contributed by atoms with van der Waals surface area (Å²) in [5.74, 6) is 1.13. The summed E-state index contributed by atoms with van der Waals surface area (Å²) in [6.45, 7) is 7.46. The van der Waals surface area contributed by atoms with Crippen LogP contribution in [0, 0.1) is 34.5 Å². The van der Waals surface area contributed by atoms with Crippen molar-refractivity contribution in [2.24, 2.45) is 34.5 Å². The zero-order chi connectivity index (χ0) is 18.0. The first-order chi connectivity index (χ1) is 11.8. The molecule has 4 heteroatoms. The van der Waals surface area contributed by atoms with Gasteiger partial charge in [0, 0.05) is 18.0 Å². The Kier molecular flexibility index (Phi) is 3.82. The Morgan fingerprint density at radius 3 is 2.64 bits per heavy atom. The average molecular weight is 345 g/mol. The largest absolute Gasteiger partial charge is 0.481 e. The molecule has 0 radical (unpaired) electrons. The molecule has 138 valence electrons. The summed E-state index contributed by atoms with van der Waals surface area (Å²) in [6.07, 6.45) is 10.2. The number of rotatable bonds is 2. The van der Waals surface area contributed by atoms with Crippen molar-refractivity contribution in [2.75, 3.05) is 6.54 Å². The van der Waals surface area contributed by atoms with Crippen molar-refractivity contribution < 1.29 is 14.7 Å². The summed E-state index contributed by atoms with van der Waals surface area (Å²) < 4.78 is 0. The summed E-state index contributed by atoms with van der Waals surface area (Å²) in [5, 5.41) is 9.69. The molecule has 1 heterocycles.